The second-order valence-electron chi connectivity index (χ2n) is 5.61. The van der Waals surface area contributed by atoms with Crippen LogP contribution in [0.1, 0.15) is 10.4 Å². The van der Waals surface area contributed by atoms with E-state index < -0.39 is 0 Å². The standard InChI is InChI=1S/C20H20N2O4S/c1-5-9-22-15-11-16(25-3)17(26-4)12-18(15)27-20(22)21-19(23)13-7-6-8-14(10-13)24-2/h5-8,10-12H,1,9H2,2-4H3. The molecule has 140 valence electrons. The van der Waals surface area contributed by atoms with Gasteiger partial charge < -0.3 is 18.8 Å². The molecule has 1 aromatic heterocycles. The smallest absolute Gasteiger partial charge is 0.279 e. The lowest BCUT2D eigenvalue weighted by molar-refractivity contribution is 0.0997. The van der Waals surface area contributed by atoms with E-state index in [2.05, 4.69) is 11.6 Å². The van der Waals surface area contributed by atoms with Gasteiger partial charge in [-0.2, -0.15) is 4.99 Å². The molecule has 0 aliphatic carbocycles. The third kappa shape index (κ3) is 3.73. The predicted molar refractivity (Wildman–Crippen MR) is 106 cm³/mol. The van der Waals surface area contributed by atoms with Crippen LogP contribution in [0.25, 0.3) is 10.2 Å². The van der Waals surface area contributed by atoms with Crippen LogP contribution < -0.4 is 19.0 Å². The normalized spacial score (nSPS) is 11.4. The van der Waals surface area contributed by atoms with Crippen LogP contribution in [0.15, 0.2) is 54.0 Å². The minimum Gasteiger partial charge on any atom is -0.497 e. The predicted octanol–water partition coefficient (Wildman–Crippen LogP) is 3.66. The molecule has 0 bridgehead atoms. The van der Waals surface area contributed by atoms with Gasteiger partial charge in [0.25, 0.3) is 5.91 Å². The van der Waals surface area contributed by atoms with Crippen LogP contribution >= 0.6 is 11.3 Å². The van der Waals surface area contributed by atoms with Crippen molar-refractivity contribution in [1.82, 2.24) is 4.57 Å². The zero-order chi connectivity index (χ0) is 19.4. The van der Waals surface area contributed by atoms with Crippen molar-refractivity contribution in [2.24, 2.45) is 4.99 Å². The zero-order valence-corrected chi connectivity index (χ0v) is 16.2. The fraction of sp³-hybridized carbons (Fsp3) is 0.200. The molecule has 1 heterocycles. The lowest BCUT2D eigenvalue weighted by atomic mass is 10.2. The third-order valence-corrected chi connectivity index (χ3v) is 5.05. The number of ether oxygens (including phenoxy) is 3. The number of methoxy groups -OCH3 is 3. The summed E-state index contributed by atoms with van der Waals surface area (Å²) in [6.07, 6.45) is 1.76. The first kappa shape index (κ1) is 18.7. The Morgan fingerprint density at radius 1 is 1.15 bits per heavy atom. The van der Waals surface area contributed by atoms with Crippen LogP contribution in [-0.2, 0) is 6.54 Å². The quantitative estimate of drug-likeness (QED) is 0.609. The Bertz CT molecular complexity index is 1070. The maximum absolute atomic E-state index is 12.7. The molecule has 0 saturated heterocycles. The van der Waals surface area contributed by atoms with Gasteiger partial charge in [-0.15, -0.1) is 6.58 Å². The molecule has 0 saturated carbocycles. The maximum Gasteiger partial charge on any atom is 0.279 e. The molecule has 0 aliphatic heterocycles. The number of hydrogen-bond acceptors (Lipinski definition) is 5. The molecule has 0 aliphatic rings. The van der Waals surface area contributed by atoms with Crippen molar-refractivity contribution in [3.05, 3.63) is 59.4 Å². The number of thiazole rings is 1. The van der Waals surface area contributed by atoms with E-state index in [0.29, 0.717) is 34.2 Å². The monoisotopic (exact) mass is 384 g/mol. The summed E-state index contributed by atoms with van der Waals surface area (Å²) in [6, 6.07) is 10.7. The summed E-state index contributed by atoms with van der Waals surface area (Å²) in [7, 11) is 4.74. The molecule has 6 nitrogen and oxygen atoms in total. The van der Waals surface area contributed by atoms with Gasteiger partial charge in [-0.1, -0.05) is 23.5 Å². The van der Waals surface area contributed by atoms with E-state index in [1.54, 1.807) is 51.7 Å². The summed E-state index contributed by atoms with van der Waals surface area (Å²) in [5, 5.41) is 0. The Balaban J connectivity index is 2.17. The highest BCUT2D eigenvalue weighted by Crippen LogP contribution is 2.33. The van der Waals surface area contributed by atoms with Crippen molar-refractivity contribution in [1.29, 1.82) is 0 Å². The van der Waals surface area contributed by atoms with Gasteiger partial charge in [0.2, 0.25) is 0 Å². The first-order valence-electron chi connectivity index (χ1n) is 8.20. The highest BCUT2D eigenvalue weighted by atomic mass is 32.1. The molecule has 3 aromatic rings. The summed E-state index contributed by atoms with van der Waals surface area (Å²) in [6.45, 7) is 4.32. The molecule has 27 heavy (non-hydrogen) atoms. The van der Waals surface area contributed by atoms with E-state index in [0.717, 1.165) is 10.2 Å². The number of fused-ring (bicyclic) bond motifs is 1. The van der Waals surface area contributed by atoms with Gasteiger partial charge in [-0.3, -0.25) is 4.79 Å². The maximum atomic E-state index is 12.7. The first-order valence-corrected chi connectivity index (χ1v) is 9.02. The van der Waals surface area contributed by atoms with Gasteiger partial charge in [0.05, 0.1) is 31.5 Å². The number of carbonyl (C=O) groups excluding carboxylic acids is 1. The van der Waals surface area contributed by atoms with Crippen molar-refractivity contribution in [3.8, 4) is 17.2 Å². The van der Waals surface area contributed by atoms with Crippen LogP contribution in [0.4, 0.5) is 0 Å². The molecule has 0 radical (unpaired) electrons. The van der Waals surface area contributed by atoms with Gasteiger partial charge in [-0.25, -0.2) is 0 Å². The fourth-order valence-corrected chi connectivity index (χ4v) is 3.74. The fourth-order valence-electron chi connectivity index (χ4n) is 2.70. The van der Waals surface area contributed by atoms with Crippen LogP contribution in [0.3, 0.4) is 0 Å². The van der Waals surface area contributed by atoms with E-state index >= 15 is 0 Å². The first-order chi connectivity index (χ1) is 13.1. The Kier molecular flexibility index (Phi) is 5.61. The minimum atomic E-state index is -0.336. The second kappa shape index (κ2) is 8.09. The molecule has 2 aromatic carbocycles. The lowest BCUT2D eigenvalue weighted by Gasteiger charge is -2.08. The highest BCUT2D eigenvalue weighted by molar-refractivity contribution is 7.16. The van der Waals surface area contributed by atoms with E-state index in [1.165, 1.54) is 11.3 Å². The number of aromatic nitrogens is 1. The van der Waals surface area contributed by atoms with E-state index in [1.807, 2.05) is 16.7 Å². The van der Waals surface area contributed by atoms with Crippen molar-refractivity contribution >= 4 is 27.5 Å². The van der Waals surface area contributed by atoms with E-state index in [9.17, 15) is 4.79 Å². The lowest BCUT2D eigenvalue weighted by Crippen LogP contribution is -2.16. The van der Waals surface area contributed by atoms with Crippen LogP contribution in [0, 0.1) is 0 Å². The zero-order valence-electron chi connectivity index (χ0n) is 15.4. The largest absolute Gasteiger partial charge is 0.497 e. The average molecular weight is 384 g/mol. The number of hydrogen-bond donors (Lipinski definition) is 0. The van der Waals surface area contributed by atoms with Gasteiger partial charge in [0.15, 0.2) is 16.3 Å². The number of amides is 1. The number of benzene rings is 2. The Hall–Kier alpha value is -3.06. The minimum absolute atomic E-state index is 0.336. The van der Waals surface area contributed by atoms with Crippen LogP contribution in [0.2, 0.25) is 0 Å². The van der Waals surface area contributed by atoms with Crippen molar-refractivity contribution < 1.29 is 19.0 Å². The SMILES string of the molecule is C=CCn1c(=NC(=O)c2cccc(OC)c2)sc2cc(OC)c(OC)cc21. The van der Waals surface area contributed by atoms with Crippen molar-refractivity contribution in [2.45, 2.75) is 6.54 Å². The van der Waals surface area contributed by atoms with Gasteiger partial charge in [-0.05, 0) is 18.2 Å². The molecule has 0 spiro atoms. The molecule has 3 rings (SSSR count). The van der Waals surface area contributed by atoms with Crippen LogP contribution in [0.5, 0.6) is 17.2 Å². The van der Waals surface area contributed by atoms with E-state index in [4.69, 9.17) is 14.2 Å². The van der Waals surface area contributed by atoms with Crippen molar-refractivity contribution in [2.75, 3.05) is 21.3 Å². The molecule has 0 atom stereocenters. The second-order valence-corrected chi connectivity index (χ2v) is 6.62. The summed E-state index contributed by atoms with van der Waals surface area (Å²) in [4.78, 5) is 17.6. The molecule has 0 N–H and O–H groups in total. The van der Waals surface area contributed by atoms with E-state index in [-0.39, 0.29) is 5.91 Å². The van der Waals surface area contributed by atoms with Crippen LogP contribution in [-0.4, -0.2) is 31.8 Å². The average Bonchev–Trinajstić information content (AvgIpc) is 3.03. The van der Waals surface area contributed by atoms with Gasteiger partial charge in [0, 0.05) is 24.2 Å². The number of nitrogens with zero attached hydrogens (tertiary/aromatic N) is 2. The topological polar surface area (TPSA) is 62.1 Å². The number of allylic oxidation sites excluding steroid dienone is 1. The molecule has 0 unspecified atom stereocenters. The molecule has 0 fully saturated rings. The molecular weight excluding hydrogens is 364 g/mol. The van der Waals surface area contributed by atoms with Crippen molar-refractivity contribution in [3.63, 3.8) is 0 Å². The third-order valence-electron chi connectivity index (χ3n) is 4.01. The number of rotatable bonds is 6. The summed E-state index contributed by atoms with van der Waals surface area (Å²) in [5.74, 6) is 1.52. The summed E-state index contributed by atoms with van der Waals surface area (Å²) >= 11 is 1.41. The van der Waals surface area contributed by atoms with Gasteiger partial charge in [0.1, 0.15) is 5.75 Å². The molecule has 7 heteroatoms. The highest BCUT2D eigenvalue weighted by Gasteiger charge is 2.13. The Morgan fingerprint density at radius 2 is 1.89 bits per heavy atom. The number of carbonyl (C=O) groups is 1. The van der Waals surface area contributed by atoms with Gasteiger partial charge >= 0.3 is 0 Å². The summed E-state index contributed by atoms with van der Waals surface area (Å²) in [5.41, 5.74) is 1.36. The Labute approximate surface area is 161 Å². The molecular formula is C20H20N2O4S. The molecule has 1 amide bonds. The summed E-state index contributed by atoms with van der Waals surface area (Å²) < 4.78 is 18.8. The Morgan fingerprint density at radius 3 is 2.56 bits per heavy atom.